The number of fused-ring (bicyclic) bond motifs is 5. The van der Waals surface area contributed by atoms with Gasteiger partial charge >= 0.3 is 0 Å². The lowest BCUT2D eigenvalue weighted by atomic mass is 9.85. The molecule has 1 aliphatic heterocycles. The summed E-state index contributed by atoms with van der Waals surface area (Å²) >= 11 is 3.36. The number of allylic oxidation sites excluding steroid dienone is 2. The molecule has 0 radical (unpaired) electrons. The summed E-state index contributed by atoms with van der Waals surface area (Å²) in [5.41, 5.74) is 0.963. The van der Waals surface area contributed by atoms with Gasteiger partial charge < -0.3 is 5.32 Å². The lowest BCUT2D eigenvalue weighted by Gasteiger charge is -2.16. The molecule has 4 atom stereocenters. The van der Waals surface area contributed by atoms with Gasteiger partial charge in [-0.05, 0) is 36.0 Å². The highest BCUT2D eigenvalue weighted by molar-refractivity contribution is 9.10. The van der Waals surface area contributed by atoms with Crippen molar-refractivity contribution in [3.8, 4) is 0 Å². The number of benzene rings is 1. The van der Waals surface area contributed by atoms with E-state index in [4.69, 9.17) is 0 Å². The maximum absolute atomic E-state index is 12.5. The van der Waals surface area contributed by atoms with E-state index in [1.807, 2.05) is 36.4 Å². The van der Waals surface area contributed by atoms with E-state index >= 15 is 0 Å². The third kappa shape index (κ3) is 2.49. The van der Waals surface area contributed by atoms with Crippen molar-refractivity contribution >= 4 is 33.7 Å². The van der Waals surface area contributed by atoms with Crippen LogP contribution in [-0.2, 0) is 20.9 Å². The third-order valence-corrected chi connectivity index (χ3v) is 5.79. The van der Waals surface area contributed by atoms with Crippen molar-refractivity contribution in [1.82, 2.24) is 10.2 Å². The highest BCUT2D eigenvalue weighted by atomic mass is 79.9. The second-order valence-electron chi connectivity index (χ2n) is 6.67. The van der Waals surface area contributed by atoms with Gasteiger partial charge in [0.25, 0.3) is 0 Å². The van der Waals surface area contributed by atoms with Crippen molar-refractivity contribution < 1.29 is 14.4 Å². The zero-order chi connectivity index (χ0) is 16.8. The van der Waals surface area contributed by atoms with Gasteiger partial charge in [-0.3, -0.25) is 19.3 Å². The smallest absolute Gasteiger partial charge is 0.240 e. The molecule has 4 unspecified atom stereocenters. The number of likely N-dealkylation sites (tertiary alicyclic amines) is 1. The minimum absolute atomic E-state index is 0.173. The van der Waals surface area contributed by atoms with Crippen molar-refractivity contribution in [3.05, 3.63) is 46.5 Å². The van der Waals surface area contributed by atoms with Crippen LogP contribution in [0, 0.1) is 23.7 Å². The summed E-state index contributed by atoms with van der Waals surface area (Å²) in [6, 6.07) is 7.62. The van der Waals surface area contributed by atoms with Crippen molar-refractivity contribution in [2.24, 2.45) is 23.7 Å². The Balaban J connectivity index is 1.37. The molecule has 3 amide bonds. The monoisotopic (exact) mass is 388 g/mol. The average Bonchev–Trinajstić information content (AvgIpc) is 3.24. The van der Waals surface area contributed by atoms with Crippen molar-refractivity contribution in [1.29, 1.82) is 0 Å². The highest BCUT2D eigenvalue weighted by Gasteiger charge is 2.59. The second-order valence-corrected chi connectivity index (χ2v) is 7.58. The van der Waals surface area contributed by atoms with Crippen LogP contribution in [0.25, 0.3) is 0 Å². The highest BCUT2D eigenvalue weighted by Crippen LogP contribution is 2.52. The number of nitrogens with zero attached hydrogens (tertiary/aromatic N) is 1. The van der Waals surface area contributed by atoms with Gasteiger partial charge in [0.05, 0.1) is 11.8 Å². The second kappa shape index (κ2) is 5.84. The molecular formula is C18H17BrN2O3. The fraction of sp³-hybridized carbons (Fsp3) is 0.389. The first-order valence-electron chi connectivity index (χ1n) is 8.09. The number of imide groups is 1. The summed E-state index contributed by atoms with van der Waals surface area (Å²) in [4.78, 5) is 38.3. The summed E-state index contributed by atoms with van der Waals surface area (Å²) in [5, 5.41) is 2.77. The van der Waals surface area contributed by atoms with Gasteiger partial charge in [-0.15, -0.1) is 0 Å². The maximum Gasteiger partial charge on any atom is 0.240 e. The predicted octanol–water partition coefficient (Wildman–Crippen LogP) is 1.87. The Morgan fingerprint density at radius 1 is 1.08 bits per heavy atom. The summed E-state index contributed by atoms with van der Waals surface area (Å²) < 4.78 is 0.973. The summed E-state index contributed by atoms with van der Waals surface area (Å²) in [6.07, 6.45) is 5.00. The molecule has 3 aliphatic rings. The lowest BCUT2D eigenvalue weighted by Crippen LogP contribution is -2.41. The van der Waals surface area contributed by atoms with E-state index in [-0.39, 0.29) is 47.9 Å². The fourth-order valence-corrected chi connectivity index (χ4v) is 4.39. The number of halogens is 1. The van der Waals surface area contributed by atoms with E-state index in [1.54, 1.807) is 0 Å². The van der Waals surface area contributed by atoms with Gasteiger partial charge in [-0.25, -0.2) is 0 Å². The number of rotatable bonds is 4. The molecule has 1 heterocycles. The normalized spacial score (nSPS) is 30.1. The Bertz CT molecular complexity index is 713. The van der Waals surface area contributed by atoms with E-state index in [9.17, 15) is 14.4 Å². The quantitative estimate of drug-likeness (QED) is 0.632. The van der Waals surface area contributed by atoms with Crippen molar-refractivity contribution in [2.45, 2.75) is 13.0 Å². The van der Waals surface area contributed by atoms with Gasteiger partial charge in [0.15, 0.2) is 0 Å². The molecule has 1 saturated carbocycles. The van der Waals surface area contributed by atoms with Crippen LogP contribution in [0.1, 0.15) is 12.0 Å². The van der Waals surface area contributed by atoms with E-state index < -0.39 is 0 Å². The Kier molecular flexibility index (Phi) is 3.79. The van der Waals surface area contributed by atoms with E-state index in [0.29, 0.717) is 6.54 Å². The molecule has 4 rings (SSSR count). The predicted molar refractivity (Wildman–Crippen MR) is 90.4 cm³/mol. The minimum Gasteiger partial charge on any atom is -0.350 e. The Labute approximate surface area is 148 Å². The Hall–Kier alpha value is -1.95. The number of carbonyl (C=O) groups excluding carboxylic acids is 3. The standard InChI is InChI=1S/C18H17BrN2O3/c19-13-5-1-10(2-6-13)8-20-14(22)9-21-17(23)15-11-3-4-12(7-11)16(15)18(21)24/h1-6,11-12,15-16H,7-9H2,(H,20,22). The SMILES string of the molecule is O=C(CN1C(=O)C2C3C=CC(C3)C2C1=O)NCc1ccc(Br)cc1. The van der Waals surface area contributed by atoms with Crippen LogP contribution in [0.15, 0.2) is 40.9 Å². The van der Waals surface area contributed by atoms with Crippen molar-refractivity contribution in [3.63, 3.8) is 0 Å². The summed E-state index contributed by atoms with van der Waals surface area (Å²) in [6.45, 7) is 0.197. The lowest BCUT2D eigenvalue weighted by molar-refractivity contribution is -0.144. The first-order chi connectivity index (χ1) is 11.5. The van der Waals surface area contributed by atoms with Gasteiger partial charge in [0.2, 0.25) is 17.7 Å². The summed E-state index contributed by atoms with van der Waals surface area (Å²) in [7, 11) is 0. The molecule has 1 aromatic carbocycles. The molecule has 1 N–H and O–H groups in total. The molecule has 24 heavy (non-hydrogen) atoms. The van der Waals surface area contributed by atoms with Crippen LogP contribution in [-0.4, -0.2) is 29.2 Å². The largest absolute Gasteiger partial charge is 0.350 e. The van der Waals surface area contributed by atoms with E-state index in [2.05, 4.69) is 21.2 Å². The van der Waals surface area contributed by atoms with Crippen LogP contribution in [0.4, 0.5) is 0 Å². The van der Waals surface area contributed by atoms with Crippen LogP contribution in [0.3, 0.4) is 0 Å². The zero-order valence-electron chi connectivity index (χ0n) is 12.9. The average molecular weight is 389 g/mol. The number of carbonyl (C=O) groups is 3. The number of hydrogen-bond donors (Lipinski definition) is 1. The molecule has 1 saturated heterocycles. The van der Waals surface area contributed by atoms with Crippen LogP contribution in [0.2, 0.25) is 0 Å². The number of amides is 3. The first kappa shape index (κ1) is 15.6. The molecule has 1 aromatic rings. The molecular weight excluding hydrogens is 372 g/mol. The van der Waals surface area contributed by atoms with Gasteiger partial charge in [0.1, 0.15) is 6.54 Å². The third-order valence-electron chi connectivity index (χ3n) is 5.27. The molecule has 2 aliphatic carbocycles. The van der Waals surface area contributed by atoms with Crippen LogP contribution < -0.4 is 5.32 Å². The number of hydrogen-bond acceptors (Lipinski definition) is 3. The fourth-order valence-electron chi connectivity index (χ4n) is 4.12. The molecule has 0 spiro atoms. The topological polar surface area (TPSA) is 66.5 Å². The van der Waals surface area contributed by atoms with Crippen LogP contribution in [0.5, 0.6) is 0 Å². The Morgan fingerprint density at radius 2 is 1.67 bits per heavy atom. The first-order valence-corrected chi connectivity index (χ1v) is 8.88. The number of nitrogens with one attached hydrogen (secondary N) is 1. The van der Waals surface area contributed by atoms with E-state index in [1.165, 1.54) is 0 Å². The van der Waals surface area contributed by atoms with Gasteiger partial charge in [0, 0.05) is 11.0 Å². The molecule has 2 fully saturated rings. The minimum atomic E-state index is -0.306. The maximum atomic E-state index is 12.5. The molecule has 0 aromatic heterocycles. The molecule has 2 bridgehead atoms. The van der Waals surface area contributed by atoms with Crippen LogP contribution >= 0.6 is 15.9 Å². The van der Waals surface area contributed by atoms with E-state index in [0.717, 1.165) is 21.4 Å². The summed E-state index contributed by atoms with van der Waals surface area (Å²) in [5.74, 6) is -0.806. The zero-order valence-corrected chi connectivity index (χ0v) is 14.5. The van der Waals surface area contributed by atoms with Crippen molar-refractivity contribution in [2.75, 3.05) is 6.54 Å². The molecule has 6 heteroatoms. The van der Waals surface area contributed by atoms with Gasteiger partial charge in [-0.2, -0.15) is 0 Å². The Morgan fingerprint density at radius 3 is 2.25 bits per heavy atom. The molecule has 124 valence electrons. The van der Waals surface area contributed by atoms with Gasteiger partial charge in [-0.1, -0.05) is 40.2 Å². The molecule has 5 nitrogen and oxygen atoms in total.